The Morgan fingerprint density at radius 1 is 1.42 bits per heavy atom. The third-order valence-corrected chi connectivity index (χ3v) is 4.43. The Hall–Kier alpha value is 0. The maximum absolute atomic E-state index is 2.45. The van der Waals surface area contributed by atoms with Gasteiger partial charge in [0.05, 0.1) is 0 Å². The van der Waals surface area contributed by atoms with E-state index in [0.717, 1.165) is 29.1 Å². The second kappa shape index (κ2) is 2.49. The SMILES string of the molecule is CCC1(CC(C)C)CC2C(C)C21. The lowest BCUT2D eigenvalue weighted by Crippen LogP contribution is -2.33. The largest absolute Gasteiger partial charge is 0.0648 e. The van der Waals surface area contributed by atoms with Crippen molar-refractivity contribution in [3.05, 3.63) is 0 Å². The van der Waals surface area contributed by atoms with Gasteiger partial charge in [0.25, 0.3) is 0 Å². The number of hydrogen-bond donors (Lipinski definition) is 0. The maximum Gasteiger partial charge on any atom is -0.0261 e. The van der Waals surface area contributed by atoms with Crippen LogP contribution in [0.15, 0.2) is 0 Å². The summed E-state index contributed by atoms with van der Waals surface area (Å²) in [4.78, 5) is 0. The van der Waals surface area contributed by atoms with Gasteiger partial charge in [0, 0.05) is 0 Å². The van der Waals surface area contributed by atoms with Crippen LogP contribution in [-0.2, 0) is 0 Å². The van der Waals surface area contributed by atoms with Gasteiger partial charge in [0.2, 0.25) is 0 Å². The Bertz CT molecular complexity index is 178. The number of hydrogen-bond acceptors (Lipinski definition) is 0. The van der Waals surface area contributed by atoms with Crippen molar-refractivity contribution in [1.29, 1.82) is 0 Å². The molecule has 12 heavy (non-hydrogen) atoms. The summed E-state index contributed by atoms with van der Waals surface area (Å²) in [5, 5.41) is 0. The van der Waals surface area contributed by atoms with Crippen molar-refractivity contribution in [2.24, 2.45) is 29.1 Å². The van der Waals surface area contributed by atoms with Gasteiger partial charge in [-0.25, -0.2) is 0 Å². The molecule has 0 spiro atoms. The molecule has 0 aliphatic heterocycles. The van der Waals surface area contributed by atoms with Crippen molar-refractivity contribution < 1.29 is 0 Å². The molecule has 0 saturated heterocycles. The van der Waals surface area contributed by atoms with Crippen LogP contribution in [0.4, 0.5) is 0 Å². The Morgan fingerprint density at radius 2 is 2.08 bits per heavy atom. The highest BCUT2D eigenvalue weighted by molar-refractivity contribution is 5.15. The third kappa shape index (κ3) is 0.963. The molecule has 0 nitrogen and oxygen atoms in total. The van der Waals surface area contributed by atoms with E-state index in [2.05, 4.69) is 27.7 Å². The van der Waals surface area contributed by atoms with Crippen LogP contribution in [0.3, 0.4) is 0 Å². The highest BCUT2D eigenvalue weighted by Crippen LogP contribution is 2.74. The van der Waals surface area contributed by atoms with Crippen molar-refractivity contribution in [3.63, 3.8) is 0 Å². The minimum atomic E-state index is 0.790. The minimum absolute atomic E-state index is 0.790. The van der Waals surface area contributed by atoms with Crippen LogP contribution in [0.2, 0.25) is 0 Å². The first-order valence-electron chi connectivity index (χ1n) is 5.60. The van der Waals surface area contributed by atoms with Gasteiger partial charge in [-0.1, -0.05) is 34.1 Å². The summed E-state index contributed by atoms with van der Waals surface area (Å²) in [5.41, 5.74) is 0.790. The first-order chi connectivity index (χ1) is 5.60. The van der Waals surface area contributed by atoms with Crippen LogP contribution in [0.5, 0.6) is 0 Å². The van der Waals surface area contributed by atoms with Crippen LogP contribution in [0, 0.1) is 29.1 Å². The zero-order chi connectivity index (χ0) is 8.93. The highest BCUT2D eigenvalue weighted by Gasteiger charge is 2.67. The van der Waals surface area contributed by atoms with E-state index in [1.807, 2.05) is 0 Å². The summed E-state index contributed by atoms with van der Waals surface area (Å²) in [5.74, 6) is 4.25. The van der Waals surface area contributed by atoms with Crippen molar-refractivity contribution in [1.82, 2.24) is 0 Å². The average molecular weight is 166 g/mol. The van der Waals surface area contributed by atoms with E-state index in [4.69, 9.17) is 0 Å². The normalized spacial score (nSPS) is 50.2. The van der Waals surface area contributed by atoms with Crippen LogP contribution in [0.25, 0.3) is 0 Å². The molecule has 0 heterocycles. The van der Waals surface area contributed by atoms with E-state index in [1.54, 1.807) is 6.42 Å². The molecule has 0 aromatic heterocycles. The molecule has 2 fully saturated rings. The molecule has 0 heteroatoms. The van der Waals surface area contributed by atoms with Gasteiger partial charge in [-0.3, -0.25) is 0 Å². The lowest BCUT2D eigenvalue weighted by molar-refractivity contribution is 0.0748. The standard InChI is InChI=1S/C12H22/c1-5-12(6-8(2)3)7-10-9(4)11(10)12/h8-11H,5-7H2,1-4H3. The van der Waals surface area contributed by atoms with Gasteiger partial charge in [-0.2, -0.15) is 0 Å². The average Bonchev–Trinajstić information content (AvgIpc) is 2.48. The van der Waals surface area contributed by atoms with Gasteiger partial charge >= 0.3 is 0 Å². The Labute approximate surface area is 76.7 Å². The third-order valence-electron chi connectivity index (χ3n) is 4.43. The first kappa shape index (κ1) is 8.59. The summed E-state index contributed by atoms with van der Waals surface area (Å²) < 4.78 is 0. The fourth-order valence-electron chi connectivity index (χ4n) is 3.87. The topological polar surface area (TPSA) is 0 Å². The monoisotopic (exact) mass is 166 g/mol. The van der Waals surface area contributed by atoms with Gasteiger partial charge < -0.3 is 0 Å². The van der Waals surface area contributed by atoms with E-state index in [-0.39, 0.29) is 0 Å². The summed E-state index contributed by atoms with van der Waals surface area (Å²) >= 11 is 0. The van der Waals surface area contributed by atoms with Crippen molar-refractivity contribution in [3.8, 4) is 0 Å². The van der Waals surface area contributed by atoms with Gasteiger partial charge in [0.15, 0.2) is 0 Å². The molecule has 0 N–H and O–H groups in total. The van der Waals surface area contributed by atoms with E-state index >= 15 is 0 Å². The summed E-state index contributed by atoms with van der Waals surface area (Å²) in [7, 11) is 0. The molecule has 2 aliphatic rings. The molecule has 0 radical (unpaired) electrons. The van der Waals surface area contributed by atoms with Gasteiger partial charge in [-0.15, -0.1) is 0 Å². The van der Waals surface area contributed by atoms with Gasteiger partial charge in [0.1, 0.15) is 0 Å². The Morgan fingerprint density at radius 3 is 2.33 bits per heavy atom. The molecule has 70 valence electrons. The quantitative estimate of drug-likeness (QED) is 0.599. The van der Waals surface area contributed by atoms with Crippen LogP contribution < -0.4 is 0 Å². The second-order valence-electron chi connectivity index (χ2n) is 5.57. The lowest BCUT2D eigenvalue weighted by atomic mass is 9.63. The predicted octanol–water partition coefficient (Wildman–Crippen LogP) is 3.71. The summed E-state index contributed by atoms with van der Waals surface area (Å²) in [6, 6.07) is 0. The Balaban J connectivity index is 1.99. The predicted molar refractivity (Wildman–Crippen MR) is 52.9 cm³/mol. The molecular formula is C12H22. The van der Waals surface area contributed by atoms with Crippen LogP contribution >= 0.6 is 0 Å². The zero-order valence-corrected chi connectivity index (χ0v) is 8.93. The smallest absolute Gasteiger partial charge is 0.0261 e. The lowest BCUT2D eigenvalue weighted by Gasteiger charge is -2.42. The van der Waals surface area contributed by atoms with Gasteiger partial charge in [-0.05, 0) is 41.9 Å². The molecular weight excluding hydrogens is 144 g/mol. The molecule has 2 rings (SSSR count). The first-order valence-corrected chi connectivity index (χ1v) is 5.60. The maximum atomic E-state index is 2.45. The van der Waals surface area contributed by atoms with E-state index < -0.39 is 0 Å². The zero-order valence-electron chi connectivity index (χ0n) is 8.93. The van der Waals surface area contributed by atoms with Crippen LogP contribution in [-0.4, -0.2) is 0 Å². The molecule has 4 unspecified atom stereocenters. The fraction of sp³-hybridized carbons (Fsp3) is 1.00. The second-order valence-corrected chi connectivity index (χ2v) is 5.57. The molecule has 0 amide bonds. The highest BCUT2D eigenvalue weighted by atomic mass is 14.7. The molecule has 0 aromatic rings. The van der Waals surface area contributed by atoms with E-state index in [1.165, 1.54) is 12.8 Å². The number of rotatable bonds is 3. The van der Waals surface area contributed by atoms with Crippen molar-refractivity contribution in [2.45, 2.75) is 47.0 Å². The molecule has 4 atom stereocenters. The molecule has 2 saturated carbocycles. The minimum Gasteiger partial charge on any atom is -0.0648 e. The van der Waals surface area contributed by atoms with E-state index in [0.29, 0.717) is 0 Å². The Kier molecular flexibility index (Phi) is 1.79. The number of fused-ring (bicyclic) bond motifs is 1. The summed E-state index contributed by atoms with van der Waals surface area (Å²) in [6.45, 7) is 9.59. The van der Waals surface area contributed by atoms with E-state index in [9.17, 15) is 0 Å². The fourth-order valence-corrected chi connectivity index (χ4v) is 3.87. The molecule has 2 aliphatic carbocycles. The van der Waals surface area contributed by atoms with Crippen molar-refractivity contribution >= 4 is 0 Å². The van der Waals surface area contributed by atoms with Crippen molar-refractivity contribution in [2.75, 3.05) is 0 Å². The molecule has 0 bridgehead atoms. The summed E-state index contributed by atoms with van der Waals surface area (Å²) in [6.07, 6.45) is 4.46. The molecule has 0 aromatic carbocycles. The van der Waals surface area contributed by atoms with Crippen LogP contribution in [0.1, 0.15) is 47.0 Å².